The van der Waals surface area contributed by atoms with Crippen molar-refractivity contribution in [3.8, 4) is 0 Å². The highest BCUT2D eigenvalue weighted by Gasteiger charge is 2.34. The molecule has 0 radical (unpaired) electrons. The van der Waals surface area contributed by atoms with Gasteiger partial charge in [0.05, 0.1) is 17.7 Å². The minimum Gasteiger partial charge on any atom is -0.459 e. The van der Waals surface area contributed by atoms with Gasteiger partial charge in [-0.25, -0.2) is 9.59 Å². The third-order valence-corrected chi connectivity index (χ3v) is 6.06. The van der Waals surface area contributed by atoms with E-state index in [9.17, 15) is 9.59 Å². The molecular weight excluding hydrogens is 448 g/mol. The third kappa shape index (κ3) is 5.75. The van der Waals surface area contributed by atoms with Crippen LogP contribution >= 0.6 is 12.2 Å². The van der Waals surface area contributed by atoms with Crippen molar-refractivity contribution in [2.75, 3.05) is 17.2 Å². The number of nitrogens with zero attached hydrogens (tertiary/aromatic N) is 1. The van der Waals surface area contributed by atoms with Crippen LogP contribution < -0.4 is 16.0 Å². The fourth-order valence-electron chi connectivity index (χ4n) is 3.86. The molecule has 2 amide bonds. The smallest absolute Gasteiger partial charge is 0.338 e. The number of anilines is 2. The summed E-state index contributed by atoms with van der Waals surface area (Å²) in [7, 11) is 0. The molecule has 0 spiro atoms. The first-order valence-corrected chi connectivity index (χ1v) is 11.8. The molecule has 0 saturated heterocycles. The number of hydrogen-bond donors (Lipinski definition) is 3. The number of aryl methyl sites for hydroxylation is 2. The fraction of sp³-hybridized carbons (Fsp3) is 0.346. The molecular formula is C26H32N4O3S. The zero-order valence-electron chi connectivity index (χ0n) is 20.5. The van der Waals surface area contributed by atoms with Gasteiger partial charge in [0.15, 0.2) is 5.11 Å². The summed E-state index contributed by atoms with van der Waals surface area (Å²) in [4.78, 5) is 27.5. The molecule has 7 nitrogen and oxygen atoms in total. The number of rotatable bonds is 6. The van der Waals surface area contributed by atoms with Crippen molar-refractivity contribution in [2.24, 2.45) is 0 Å². The van der Waals surface area contributed by atoms with E-state index in [-0.39, 0.29) is 12.1 Å². The first-order chi connectivity index (χ1) is 16.1. The number of hydrogen-bond acceptors (Lipinski definition) is 4. The summed E-state index contributed by atoms with van der Waals surface area (Å²) in [5, 5.41) is 9.54. The van der Waals surface area contributed by atoms with Gasteiger partial charge in [0.25, 0.3) is 0 Å². The molecule has 2 aromatic rings. The molecule has 8 heteroatoms. The van der Waals surface area contributed by atoms with E-state index in [0.29, 0.717) is 28.6 Å². The van der Waals surface area contributed by atoms with Gasteiger partial charge in [-0.15, -0.1) is 0 Å². The van der Waals surface area contributed by atoms with Crippen LogP contribution in [-0.2, 0) is 9.53 Å². The summed E-state index contributed by atoms with van der Waals surface area (Å²) in [5.74, 6) is -0.392. The predicted octanol–water partition coefficient (Wildman–Crippen LogP) is 5.42. The highest BCUT2D eigenvalue weighted by Crippen LogP contribution is 2.32. The van der Waals surface area contributed by atoms with E-state index in [1.165, 1.54) is 0 Å². The molecule has 3 N–H and O–H groups in total. The maximum absolute atomic E-state index is 13.0. The highest BCUT2D eigenvalue weighted by molar-refractivity contribution is 7.80. The van der Waals surface area contributed by atoms with Crippen molar-refractivity contribution < 1.29 is 14.3 Å². The second-order valence-corrected chi connectivity index (χ2v) is 8.97. The molecule has 1 aliphatic rings. The van der Waals surface area contributed by atoms with Crippen molar-refractivity contribution in [2.45, 2.75) is 53.7 Å². The van der Waals surface area contributed by atoms with Crippen LogP contribution in [0.5, 0.6) is 0 Å². The number of allylic oxidation sites excluding steroid dienone is 1. The highest BCUT2D eigenvalue weighted by atomic mass is 32.1. The van der Waals surface area contributed by atoms with Gasteiger partial charge < -0.3 is 25.6 Å². The average Bonchev–Trinajstić information content (AvgIpc) is 2.75. The van der Waals surface area contributed by atoms with Crippen LogP contribution in [0.25, 0.3) is 0 Å². The van der Waals surface area contributed by atoms with Crippen molar-refractivity contribution in [1.29, 1.82) is 0 Å². The second-order valence-electron chi connectivity index (χ2n) is 8.58. The zero-order chi connectivity index (χ0) is 25.0. The maximum Gasteiger partial charge on any atom is 0.338 e. The number of ether oxygens (including phenoxy) is 1. The van der Waals surface area contributed by atoms with Crippen molar-refractivity contribution in [1.82, 2.24) is 10.2 Å². The predicted molar refractivity (Wildman–Crippen MR) is 140 cm³/mol. The Morgan fingerprint density at radius 2 is 1.74 bits per heavy atom. The van der Waals surface area contributed by atoms with Gasteiger partial charge in [-0.2, -0.15) is 0 Å². The number of esters is 1. The topological polar surface area (TPSA) is 82.7 Å². The van der Waals surface area contributed by atoms with Crippen LogP contribution in [-0.4, -0.2) is 34.7 Å². The number of benzene rings is 2. The van der Waals surface area contributed by atoms with Crippen molar-refractivity contribution in [3.63, 3.8) is 0 Å². The van der Waals surface area contributed by atoms with Gasteiger partial charge in [-0.05, 0) is 94.7 Å². The normalized spacial score (nSPS) is 15.8. The van der Waals surface area contributed by atoms with Gasteiger partial charge in [0.1, 0.15) is 0 Å². The first kappa shape index (κ1) is 25.2. The van der Waals surface area contributed by atoms with Gasteiger partial charge in [0, 0.05) is 23.6 Å². The molecule has 0 saturated carbocycles. The lowest BCUT2D eigenvalue weighted by Gasteiger charge is -2.37. The van der Waals surface area contributed by atoms with E-state index in [1.807, 2.05) is 82.8 Å². The molecule has 0 fully saturated rings. The van der Waals surface area contributed by atoms with E-state index < -0.39 is 12.0 Å². The van der Waals surface area contributed by atoms with Crippen LogP contribution in [0.15, 0.2) is 53.7 Å². The van der Waals surface area contributed by atoms with Crippen molar-refractivity contribution in [3.05, 3.63) is 70.4 Å². The Morgan fingerprint density at radius 1 is 1.06 bits per heavy atom. The molecule has 34 heavy (non-hydrogen) atoms. The Morgan fingerprint density at radius 3 is 2.35 bits per heavy atom. The molecule has 0 bridgehead atoms. The molecule has 1 atom stereocenters. The van der Waals surface area contributed by atoms with Gasteiger partial charge in [-0.3, -0.25) is 0 Å². The van der Waals surface area contributed by atoms with E-state index in [1.54, 1.807) is 6.07 Å². The molecule has 1 heterocycles. The zero-order valence-corrected chi connectivity index (χ0v) is 21.3. The number of nitrogens with one attached hydrogen (secondary N) is 3. The monoisotopic (exact) mass is 480 g/mol. The minimum absolute atomic E-state index is 0.250. The fourth-order valence-corrected chi connectivity index (χ4v) is 4.25. The number of carbonyl (C=O) groups excluding carboxylic acids is 2. The Labute approximate surface area is 206 Å². The number of thiocarbonyl (C=S) groups is 1. The Hall–Kier alpha value is -3.39. The summed E-state index contributed by atoms with van der Waals surface area (Å²) >= 11 is 5.55. The summed E-state index contributed by atoms with van der Waals surface area (Å²) < 4.78 is 5.53. The van der Waals surface area contributed by atoms with Gasteiger partial charge >= 0.3 is 12.0 Å². The first-order valence-electron chi connectivity index (χ1n) is 11.4. The Bertz CT molecular complexity index is 1140. The summed E-state index contributed by atoms with van der Waals surface area (Å²) in [6.45, 7) is 12.1. The molecule has 1 aliphatic heterocycles. The van der Waals surface area contributed by atoms with E-state index in [4.69, 9.17) is 17.0 Å². The van der Waals surface area contributed by atoms with E-state index in [2.05, 4.69) is 16.0 Å². The Balaban J connectivity index is 1.86. The number of carbonyl (C=O) groups is 2. The quantitative estimate of drug-likeness (QED) is 0.378. The summed E-state index contributed by atoms with van der Waals surface area (Å²) in [6.07, 6.45) is -0.250. The molecule has 0 unspecified atom stereocenters. The lowest BCUT2D eigenvalue weighted by atomic mass is 9.94. The SMILES string of the molecule is CCN1C(=S)N[C@@H](c2cccc(NC(=O)Nc3ccc(C)c(C)c3)c2)C(C(=O)OC(C)C)=C1C. The average molecular weight is 481 g/mol. The van der Waals surface area contributed by atoms with E-state index >= 15 is 0 Å². The van der Waals surface area contributed by atoms with Gasteiger partial charge in [-0.1, -0.05) is 18.2 Å². The molecule has 2 aromatic carbocycles. The van der Waals surface area contributed by atoms with Crippen LogP contribution in [0.2, 0.25) is 0 Å². The van der Waals surface area contributed by atoms with Gasteiger partial charge in [0.2, 0.25) is 0 Å². The molecule has 0 aliphatic carbocycles. The summed E-state index contributed by atoms with van der Waals surface area (Å²) in [6, 6.07) is 12.3. The minimum atomic E-state index is -0.494. The third-order valence-electron chi connectivity index (χ3n) is 5.72. The van der Waals surface area contributed by atoms with Crippen LogP contribution in [0.1, 0.15) is 50.4 Å². The standard InChI is InChI=1S/C26H32N4O3S/c1-7-30-18(6)22(24(31)33-15(2)3)23(29-26(30)34)19-9-8-10-20(14-19)27-25(32)28-21-12-11-16(4)17(5)13-21/h8-15,23H,7H2,1-6H3,(H,29,34)(H2,27,28,32)/t23-/m0/s1. The van der Waals surface area contributed by atoms with Crippen molar-refractivity contribution >= 4 is 40.7 Å². The molecule has 0 aromatic heterocycles. The van der Waals surface area contributed by atoms with Crippen LogP contribution in [0, 0.1) is 13.8 Å². The number of urea groups is 1. The van der Waals surface area contributed by atoms with Crippen LogP contribution in [0.3, 0.4) is 0 Å². The largest absolute Gasteiger partial charge is 0.459 e. The number of amides is 2. The van der Waals surface area contributed by atoms with Crippen LogP contribution in [0.4, 0.5) is 16.2 Å². The van der Waals surface area contributed by atoms with E-state index in [0.717, 1.165) is 22.4 Å². The second kappa shape index (κ2) is 10.7. The molecule has 180 valence electrons. The summed E-state index contributed by atoms with van der Waals surface area (Å²) in [5.41, 5.74) is 5.62. The molecule has 3 rings (SSSR count). The Kier molecular flexibility index (Phi) is 7.94. The lowest BCUT2D eigenvalue weighted by molar-refractivity contribution is -0.143. The maximum atomic E-state index is 13.0. The lowest BCUT2D eigenvalue weighted by Crippen LogP contribution is -2.47.